The van der Waals surface area contributed by atoms with E-state index in [0.717, 1.165) is 173 Å². The molecule has 115 heavy (non-hydrogen) atoms. The molecule has 3 unspecified atom stereocenters. The third-order valence-electron chi connectivity index (χ3n) is 22.7. The highest BCUT2D eigenvalue weighted by molar-refractivity contribution is 7.46. The Labute approximate surface area is 701 Å². The number of esters is 4. The van der Waals surface area contributed by atoms with Crippen LogP contribution in [-0.2, 0) is 71.1 Å². The molecule has 21 nitrogen and oxygen atoms in total. The minimum Gasteiger partial charge on any atom is -0.462 e. The Morgan fingerprint density at radius 3 is 0.913 bits per heavy atom. The summed E-state index contributed by atoms with van der Waals surface area (Å²) in [7, 11) is -5.56. The van der Waals surface area contributed by atoms with Gasteiger partial charge in [0, 0.05) is 19.3 Å². The number of hydrogen-bond acceptors (Lipinski definition) is 16. The summed E-state index contributed by atoms with van der Waals surface area (Å²) in [5.74, 6) is -4.81. The third-order valence-corrected chi connectivity index (χ3v) is 23.3. The fraction of sp³-hybridized carbons (Fsp3) is 0.925. The van der Waals surface area contributed by atoms with E-state index in [1.54, 1.807) is 0 Å². The van der Waals surface area contributed by atoms with Crippen LogP contribution in [0.2, 0.25) is 0 Å². The maximum absolute atomic E-state index is 15.0. The highest BCUT2D eigenvalue weighted by atomic mass is 31.2. The molecule has 9 atom stereocenters. The number of phosphoric ester groups is 1. The first-order valence-corrected chi connectivity index (χ1v) is 49.6. The molecule has 1 aliphatic heterocycles. The predicted molar refractivity (Wildman–Crippen MR) is 464 cm³/mol. The number of nitrogens with two attached hydrogens (primary N) is 1. The Bertz CT molecular complexity index is 2380. The predicted octanol–water partition coefficient (Wildman–Crippen LogP) is 23.3. The molecular formula is C93H176N3O18P. The minimum atomic E-state index is -5.56. The molecular weight excluding hydrogens is 1480 g/mol. The van der Waals surface area contributed by atoms with Crippen LogP contribution in [-0.4, -0.2) is 125 Å². The van der Waals surface area contributed by atoms with Gasteiger partial charge in [-0.3, -0.25) is 38.1 Å². The maximum Gasteiger partial charge on any atom is 0.470 e. The van der Waals surface area contributed by atoms with E-state index in [1.807, 2.05) is 0 Å². The Balaban J connectivity index is 3.83. The number of unbranched alkanes of at least 4 members (excludes halogenated alkanes) is 54. The SMILES string of the molecule is CCCCCCCCCCCCCC(=O)O[C@H](CCCCCCCCCCC)CC(=O)NC(CO[C@@H]1OC(CO)[C@H](OP(=O)(O)O)C(OC(=O)C[C@@H](CCCCCCCCCCC)OC(=O)CCCCCCCCCCCCC)[C@@H]1NC(=O)C[C@@H](CCCCCCCCCCC)OC(=O)CCCCCCCCCCCCC)C(N)=O. The number of carbonyl (C=O) groups excluding carboxylic acids is 7. The zero-order valence-corrected chi connectivity index (χ0v) is 75.3. The summed E-state index contributed by atoms with van der Waals surface area (Å²) in [6, 6.07) is -3.34. The minimum absolute atomic E-state index is 0.137. The number of hydrogen-bond donors (Lipinski definition) is 6. The van der Waals surface area contributed by atoms with Crippen molar-refractivity contribution in [3.63, 3.8) is 0 Å². The smallest absolute Gasteiger partial charge is 0.462 e. The van der Waals surface area contributed by atoms with Crippen LogP contribution in [0.3, 0.4) is 0 Å². The van der Waals surface area contributed by atoms with Crippen molar-refractivity contribution in [2.24, 2.45) is 5.73 Å². The van der Waals surface area contributed by atoms with E-state index in [4.69, 9.17) is 38.7 Å². The van der Waals surface area contributed by atoms with Gasteiger partial charge in [-0.1, -0.05) is 388 Å². The van der Waals surface area contributed by atoms with E-state index in [2.05, 4.69) is 52.2 Å². The summed E-state index contributed by atoms with van der Waals surface area (Å²) >= 11 is 0. The zero-order chi connectivity index (χ0) is 84.3. The van der Waals surface area contributed by atoms with Crippen LogP contribution in [0.4, 0.5) is 0 Å². The lowest BCUT2D eigenvalue weighted by atomic mass is 9.95. The Kier molecular flexibility index (Phi) is 73.7. The van der Waals surface area contributed by atoms with Crippen LogP contribution in [0, 0.1) is 0 Å². The lowest BCUT2D eigenvalue weighted by Crippen LogP contribution is -2.67. The first kappa shape index (κ1) is 109. The van der Waals surface area contributed by atoms with E-state index >= 15 is 0 Å². The molecule has 0 radical (unpaired) electrons. The monoisotopic (exact) mass is 1650 g/mol. The first-order chi connectivity index (χ1) is 55.8. The summed E-state index contributed by atoms with van der Waals surface area (Å²) < 4.78 is 55.6. The van der Waals surface area contributed by atoms with Gasteiger partial charge in [0.2, 0.25) is 17.7 Å². The number of nitrogens with one attached hydrogen (secondary N) is 2. The normalized spacial score (nSPS) is 16.7. The molecule has 676 valence electrons. The molecule has 1 fully saturated rings. The van der Waals surface area contributed by atoms with Crippen LogP contribution in [0.1, 0.15) is 485 Å². The van der Waals surface area contributed by atoms with Crippen molar-refractivity contribution in [3.8, 4) is 0 Å². The second kappa shape index (κ2) is 77.6. The summed E-state index contributed by atoms with van der Waals surface area (Å²) in [4.78, 5) is 120. The molecule has 0 bridgehead atoms. The number of ether oxygens (including phenoxy) is 6. The highest BCUT2D eigenvalue weighted by Gasteiger charge is 2.52. The van der Waals surface area contributed by atoms with Crippen molar-refractivity contribution >= 4 is 49.4 Å². The molecule has 0 aromatic carbocycles. The molecule has 0 aromatic rings. The molecule has 0 saturated carbocycles. The van der Waals surface area contributed by atoms with Crippen LogP contribution < -0.4 is 16.4 Å². The Morgan fingerprint density at radius 1 is 0.365 bits per heavy atom. The average Bonchev–Trinajstić information content (AvgIpc) is 0.779. The van der Waals surface area contributed by atoms with Crippen LogP contribution in [0.15, 0.2) is 0 Å². The van der Waals surface area contributed by atoms with E-state index in [-0.39, 0.29) is 25.7 Å². The Hall–Kier alpha value is -3.72. The topological polar surface area (TPSA) is 312 Å². The average molecular weight is 1660 g/mol. The number of rotatable bonds is 85. The lowest BCUT2D eigenvalue weighted by molar-refractivity contribution is -0.272. The van der Waals surface area contributed by atoms with Crippen molar-refractivity contribution in [1.29, 1.82) is 0 Å². The molecule has 1 rings (SSSR count). The molecule has 22 heteroatoms. The number of primary amides is 1. The van der Waals surface area contributed by atoms with Gasteiger partial charge in [-0.15, -0.1) is 0 Å². The summed E-state index contributed by atoms with van der Waals surface area (Å²) in [6.07, 6.45) is 54.6. The van der Waals surface area contributed by atoms with Crippen molar-refractivity contribution in [2.75, 3.05) is 13.2 Å². The number of phosphoric acid groups is 1. The molecule has 0 aliphatic carbocycles. The number of carbonyl (C=O) groups is 7. The first-order valence-electron chi connectivity index (χ1n) is 48.1. The van der Waals surface area contributed by atoms with Gasteiger partial charge < -0.3 is 59.7 Å². The van der Waals surface area contributed by atoms with Gasteiger partial charge >= 0.3 is 31.7 Å². The number of amides is 3. The van der Waals surface area contributed by atoms with Crippen LogP contribution >= 0.6 is 7.82 Å². The largest absolute Gasteiger partial charge is 0.470 e. The maximum atomic E-state index is 15.0. The summed E-state index contributed by atoms with van der Waals surface area (Å²) in [6.45, 7) is 11.5. The quantitative estimate of drug-likeness (QED) is 0.0143. The van der Waals surface area contributed by atoms with Crippen LogP contribution in [0.25, 0.3) is 0 Å². The van der Waals surface area contributed by atoms with Gasteiger partial charge in [0.1, 0.15) is 42.6 Å². The van der Waals surface area contributed by atoms with E-state index in [9.17, 15) is 53.0 Å². The van der Waals surface area contributed by atoms with Gasteiger partial charge in [-0.25, -0.2) is 4.57 Å². The van der Waals surface area contributed by atoms with Gasteiger partial charge in [0.15, 0.2) is 12.4 Å². The number of aliphatic hydroxyl groups is 1. The standard InChI is InChI=1S/C93H176N3O18P/c1-7-13-19-25-31-37-40-46-52-58-64-70-85(100)109-78(67-61-55-49-43-34-28-22-16-10-4)73-83(98)95-81(92(94)104)77-108-93-89(96-84(99)74-79(68-62-56-50-44-35-29-23-17-11-5)110-86(101)71-65-59-53-47-41-38-32-26-20-14-8-2)91(90(82(76-97)112-93)114-115(105,106)107)113-88(103)75-80(69-63-57-51-45-36-30-24-18-12-6)111-87(102)72-66-60-54-48-42-39-33-27-21-15-9-3/h78-82,89-91,93,97H,7-77H2,1-6H3,(H2,94,104)(H,95,98)(H,96,99)(H2,105,106,107)/t78-,79-,80-,81?,82?,89+,90+,91?,93-/m1/s1. The highest BCUT2D eigenvalue weighted by Crippen LogP contribution is 2.43. The van der Waals surface area contributed by atoms with Crippen molar-refractivity contribution in [2.45, 2.75) is 540 Å². The van der Waals surface area contributed by atoms with Gasteiger partial charge in [0.25, 0.3) is 0 Å². The molecule has 7 N–H and O–H groups in total. The van der Waals surface area contributed by atoms with Crippen molar-refractivity contribution in [3.05, 3.63) is 0 Å². The third kappa shape index (κ3) is 65.7. The van der Waals surface area contributed by atoms with Crippen LogP contribution in [0.5, 0.6) is 0 Å². The summed E-state index contributed by atoms with van der Waals surface area (Å²) in [5.41, 5.74) is 6.04. The zero-order valence-electron chi connectivity index (χ0n) is 74.4. The van der Waals surface area contributed by atoms with Gasteiger partial charge in [-0.05, 0) is 57.8 Å². The Morgan fingerprint density at radius 2 is 0.635 bits per heavy atom. The molecule has 1 saturated heterocycles. The van der Waals surface area contributed by atoms with E-state index in [0.29, 0.717) is 57.8 Å². The van der Waals surface area contributed by atoms with Gasteiger partial charge in [-0.2, -0.15) is 0 Å². The summed E-state index contributed by atoms with van der Waals surface area (Å²) in [5, 5.41) is 16.6. The fourth-order valence-electron chi connectivity index (χ4n) is 15.6. The molecule has 3 amide bonds. The molecule has 0 aromatic heterocycles. The lowest BCUT2D eigenvalue weighted by Gasteiger charge is -2.45. The van der Waals surface area contributed by atoms with Crippen molar-refractivity contribution < 1.29 is 86.0 Å². The van der Waals surface area contributed by atoms with Crippen molar-refractivity contribution in [1.82, 2.24) is 10.6 Å². The fourth-order valence-corrected chi connectivity index (χ4v) is 16.2. The second-order valence-electron chi connectivity index (χ2n) is 33.8. The molecule has 1 heterocycles. The van der Waals surface area contributed by atoms with Gasteiger partial charge in [0.05, 0.1) is 32.5 Å². The number of aliphatic hydroxyl groups excluding tert-OH is 1. The van der Waals surface area contributed by atoms with E-state index in [1.165, 1.54) is 173 Å². The molecule has 1 aliphatic rings. The second-order valence-corrected chi connectivity index (χ2v) is 35.0. The van der Waals surface area contributed by atoms with E-state index < -0.39 is 130 Å². The molecule has 0 spiro atoms.